The smallest absolute Gasteiger partial charge is 0.243 e. The lowest BCUT2D eigenvalue weighted by atomic mass is 10.2. The van der Waals surface area contributed by atoms with Crippen molar-refractivity contribution in [1.29, 1.82) is 0 Å². The summed E-state index contributed by atoms with van der Waals surface area (Å²) in [6.07, 6.45) is 6.60. The predicted octanol–water partition coefficient (Wildman–Crippen LogP) is 4.17. The first-order valence-corrected chi connectivity index (χ1v) is 11.6. The summed E-state index contributed by atoms with van der Waals surface area (Å²) in [5.41, 5.74) is 2.24. The molecule has 0 saturated heterocycles. The number of aromatic nitrogens is 3. The zero-order valence-corrected chi connectivity index (χ0v) is 18.4. The van der Waals surface area contributed by atoms with Crippen molar-refractivity contribution < 1.29 is 12.8 Å². The van der Waals surface area contributed by atoms with Crippen molar-refractivity contribution in [3.8, 4) is 0 Å². The fraction of sp³-hybridized carbons (Fsp3) is 0.167. The molecule has 0 spiro atoms. The van der Waals surface area contributed by atoms with E-state index in [0.717, 1.165) is 11.1 Å². The number of hydrogen-bond donors (Lipinski definition) is 0. The SMILES string of the molecule is Cc1ccc(S(=O)(=O)N(Cc2cccnc2)Cc2nccn2Cc2ccccc2F)cc1. The number of pyridine rings is 1. The maximum absolute atomic E-state index is 14.2. The van der Waals surface area contributed by atoms with Gasteiger partial charge in [-0.3, -0.25) is 4.98 Å². The summed E-state index contributed by atoms with van der Waals surface area (Å²) in [6.45, 7) is 2.33. The Kier molecular flexibility index (Phi) is 6.43. The average molecular weight is 451 g/mol. The van der Waals surface area contributed by atoms with Crippen molar-refractivity contribution in [2.24, 2.45) is 0 Å². The Labute approximate surface area is 187 Å². The Bertz CT molecular complexity index is 1290. The molecule has 0 fully saturated rings. The topological polar surface area (TPSA) is 68.1 Å². The third-order valence-corrected chi connectivity index (χ3v) is 6.96. The van der Waals surface area contributed by atoms with E-state index in [4.69, 9.17) is 0 Å². The molecule has 2 aromatic carbocycles. The van der Waals surface area contributed by atoms with Crippen molar-refractivity contribution in [2.45, 2.75) is 31.5 Å². The molecule has 0 aliphatic heterocycles. The molecule has 0 bridgehead atoms. The summed E-state index contributed by atoms with van der Waals surface area (Å²) in [4.78, 5) is 8.67. The summed E-state index contributed by atoms with van der Waals surface area (Å²) in [6, 6.07) is 16.9. The van der Waals surface area contributed by atoms with Gasteiger partial charge in [-0.15, -0.1) is 0 Å². The maximum Gasteiger partial charge on any atom is 0.243 e. The first kappa shape index (κ1) is 21.9. The van der Waals surface area contributed by atoms with Gasteiger partial charge >= 0.3 is 0 Å². The average Bonchev–Trinajstić information content (AvgIpc) is 3.22. The van der Waals surface area contributed by atoms with Gasteiger partial charge in [0.05, 0.1) is 18.0 Å². The highest BCUT2D eigenvalue weighted by atomic mass is 32.2. The van der Waals surface area contributed by atoms with E-state index in [1.165, 1.54) is 10.4 Å². The number of hydrogen-bond acceptors (Lipinski definition) is 4. The zero-order chi connectivity index (χ0) is 22.6. The number of rotatable bonds is 8. The molecule has 0 amide bonds. The highest BCUT2D eigenvalue weighted by Gasteiger charge is 2.26. The molecule has 0 saturated carbocycles. The Morgan fingerprint density at radius 1 is 0.969 bits per heavy atom. The highest BCUT2D eigenvalue weighted by molar-refractivity contribution is 7.89. The van der Waals surface area contributed by atoms with Crippen LogP contribution in [0.2, 0.25) is 0 Å². The van der Waals surface area contributed by atoms with Gasteiger partial charge in [-0.25, -0.2) is 17.8 Å². The van der Waals surface area contributed by atoms with E-state index in [1.807, 2.05) is 13.0 Å². The van der Waals surface area contributed by atoms with Crippen molar-refractivity contribution >= 4 is 10.0 Å². The molecule has 0 atom stereocenters. The summed E-state index contributed by atoms with van der Waals surface area (Å²) in [7, 11) is -3.81. The molecule has 164 valence electrons. The van der Waals surface area contributed by atoms with Gasteiger partial charge in [0.25, 0.3) is 0 Å². The van der Waals surface area contributed by atoms with Crippen LogP contribution in [0.1, 0.15) is 22.5 Å². The molecule has 8 heteroatoms. The molecular weight excluding hydrogens is 427 g/mol. The van der Waals surface area contributed by atoms with E-state index in [9.17, 15) is 12.8 Å². The molecule has 4 rings (SSSR count). The van der Waals surface area contributed by atoms with Crippen LogP contribution in [0.5, 0.6) is 0 Å². The first-order valence-electron chi connectivity index (χ1n) is 10.1. The summed E-state index contributed by atoms with van der Waals surface area (Å²) in [5.74, 6) is 0.208. The van der Waals surface area contributed by atoms with Gasteiger partial charge in [-0.05, 0) is 36.8 Å². The standard InChI is InChI=1S/C24H23FN4O2S/c1-19-8-10-22(11-9-19)32(30,31)29(16-20-5-4-12-26-15-20)18-24-27-13-14-28(24)17-21-6-2-3-7-23(21)25/h2-15H,16-18H2,1H3. The van der Waals surface area contributed by atoms with Crippen molar-refractivity contribution in [3.05, 3.63) is 114 Å². The third-order valence-electron chi connectivity index (χ3n) is 5.16. The Hall–Kier alpha value is -3.36. The largest absolute Gasteiger partial charge is 0.329 e. The molecule has 2 heterocycles. The Morgan fingerprint density at radius 3 is 2.47 bits per heavy atom. The van der Waals surface area contributed by atoms with E-state index in [2.05, 4.69) is 9.97 Å². The van der Waals surface area contributed by atoms with Crippen molar-refractivity contribution in [2.75, 3.05) is 0 Å². The lowest BCUT2D eigenvalue weighted by Crippen LogP contribution is -2.31. The molecule has 0 aliphatic carbocycles. The minimum absolute atomic E-state index is 0.0343. The minimum Gasteiger partial charge on any atom is -0.329 e. The maximum atomic E-state index is 14.2. The van der Waals surface area contributed by atoms with Crippen LogP contribution in [-0.4, -0.2) is 27.3 Å². The molecule has 6 nitrogen and oxygen atoms in total. The number of aryl methyl sites for hydroxylation is 1. The fourth-order valence-electron chi connectivity index (χ4n) is 3.38. The molecule has 0 radical (unpaired) electrons. The van der Waals surface area contributed by atoms with E-state index in [-0.39, 0.29) is 30.3 Å². The van der Waals surface area contributed by atoms with Crippen LogP contribution >= 0.6 is 0 Å². The Morgan fingerprint density at radius 2 is 1.75 bits per heavy atom. The van der Waals surface area contributed by atoms with Gasteiger partial charge in [0.1, 0.15) is 11.6 Å². The zero-order valence-electron chi connectivity index (χ0n) is 17.6. The molecule has 2 aromatic heterocycles. The van der Waals surface area contributed by atoms with E-state index < -0.39 is 10.0 Å². The number of sulfonamides is 1. The van der Waals surface area contributed by atoms with Gasteiger partial charge in [0, 0.05) is 36.9 Å². The van der Waals surface area contributed by atoms with Crippen LogP contribution in [0.25, 0.3) is 0 Å². The first-order chi connectivity index (χ1) is 15.4. The van der Waals surface area contributed by atoms with Crippen LogP contribution in [0.15, 0.2) is 90.3 Å². The van der Waals surface area contributed by atoms with Gasteiger partial charge < -0.3 is 4.57 Å². The van der Waals surface area contributed by atoms with E-state index >= 15 is 0 Å². The van der Waals surface area contributed by atoms with Crippen LogP contribution in [0, 0.1) is 12.7 Å². The molecular formula is C24H23FN4O2S. The summed E-state index contributed by atoms with van der Waals surface area (Å²) >= 11 is 0. The lowest BCUT2D eigenvalue weighted by molar-refractivity contribution is 0.385. The van der Waals surface area contributed by atoms with Crippen LogP contribution < -0.4 is 0 Å². The van der Waals surface area contributed by atoms with E-state index in [0.29, 0.717) is 11.4 Å². The third kappa shape index (κ3) is 4.92. The lowest BCUT2D eigenvalue weighted by Gasteiger charge is -2.23. The van der Waals surface area contributed by atoms with Crippen molar-refractivity contribution in [1.82, 2.24) is 18.8 Å². The molecule has 4 aromatic rings. The second-order valence-corrected chi connectivity index (χ2v) is 9.45. The van der Waals surface area contributed by atoms with Crippen LogP contribution in [-0.2, 0) is 29.7 Å². The predicted molar refractivity (Wildman–Crippen MR) is 120 cm³/mol. The molecule has 0 aliphatic rings. The van der Waals surface area contributed by atoms with Gasteiger partial charge in [0.15, 0.2) is 0 Å². The highest BCUT2D eigenvalue weighted by Crippen LogP contribution is 2.22. The number of halogens is 1. The summed E-state index contributed by atoms with van der Waals surface area (Å²) < 4.78 is 44.3. The molecule has 0 N–H and O–H groups in total. The number of imidazole rings is 1. The van der Waals surface area contributed by atoms with Gasteiger partial charge in [0.2, 0.25) is 10.0 Å². The van der Waals surface area contributed by atoms with Gasteiger partial charge in [-0.1, -0.05) is 42.0 Å². The summed E-state index contributed by atoms with van der Waals surface area (Å²) in [5, 5.41) is 0. The van der Waals surface area contributed by atoms with E-state index in [1.54, 1.807) is 77.9 Å². The molecule has 32 heavy (non-hydrogen) atoms. The second kappa shape index (κ2) is 9.42. The monoisotopic (exact) mass is 450 g/mol. The van der Waals surface area contributed by atoms with Crippen LogP contribution in [0.4, 0.5) is 4.39 Å². The van der Waals surface area contributed by atoms with Crippen molar-refractivity contribution in [3.63, 3.8) is 0 Å². The normalized spacial score (nSPS) is 11.7. The van der Waals surface area contributed by atoms with Crippen LogP contribution in [0.3, 0.4) is 0 Å². The number of nitrogens with zero attached hydrogens (tertiary/aromatic N) is 4. The second-order valence-electron chi connectivity index (χ2n) is 7.51. The van der Waals surface area contributed by atoms with Gasteiger partial charge in [-0.2, -0.15) is 4.31 Å². The number of benzene rings is 2. The molecule has 0 unspecified atom stereocenters. The fourth-order valence-corrected chi connectivity index (χ4v) is 4.77. The Balaban J connectivity index is 1.67. The quantitative estimate of drug-likeness (QED) is 0.404. The minimum atomic E-state index is -3.81.